The Morgan fingerprint density at radius 1 is 1.48 bits per heavy atom. The van der Waals surface area contributed by atoms with Crippen LogP contribution < -0.4 is 10.6 Å². The van der Waals surface area contributed by atoms with Gasteiger partial charge in [0.25, 0.3) is 0 Å². The number of hydrogen-bond donors (Lipinski definition) is 3. The fourth-order valence-electron chi connectivity index (χ4n) is 2.31. The van der Waals surface area contributed by atoms with Crippen molar-refractivity contribution in [3.8, 4) is 10.6 Å². The molecule has 0 aromatic carbocycles. The van der Waals surface area contributed by atoms with Gasteiger partial charge in [0, 0.05) is 36.5 Å². The predicted molar refractivity (Wildman–Crippen MR) is 93.4 cm³/mol. The molecule has 23 heavy (non-hydrogen) atoms. The van der Waals surface area contributed by atoms with Gasteiger partial charge in [-0.1, -0.05) is 0 Å². The molecule has 2 aromatic rings. The summed E-state index contributed by atoms with van der Waals surface area (Å²) in [4.78, 5) is 16.3. The molecule has 1 aliphatic rings. The van der Waals surface area contributed by atoms with Crippen molar-refractivity contribution in [2.24, 2.45) is 5.92 Å². The average molecular weight is 380 g/mol. The van der Waals surface area contributed by atoms with Crippen LogP contribution in [0.15, 0.2) is 28.4 Å². The zero-order chi connectivity index (χ0) is 14.7. The van der Waals surface area contributed by atoms with Crippen LogP contribution in [0.25, 0.3) is 10.6 Å². The summed E-state index contributed by atoms with van der Waals surface area (Å²) < 4.78 is 5.02. The maximum Gasteiger partial charge on any atom is 0.226 e. The fourth-order valence-corrected chi connectivity index (χ4v) is 3.11. The number of aromatic nitrogens is 1. The van der Waals surface area contributed by atoms with Crippen molar-refractivity contribution in [1.82, 2.24) is 15.6 Å². The number of nitrogens with zero attached hydrogens (tertiary/aromatic N) is 1. The second-order valence-electron chi connectivity index (χ2n) is 5.12. The van der Waals surface area contributed by atoms with E-state index in [1.807, 2.05) is 11.4 Å². The van der Waals surface area contributed by atoms with Crippen molar-refractivity contribution < 1.29 is 14.3 Å². The number of β-amino-alcohol motifs (C(OH)–C–C–N with tert-alkyl or cyclic N) is 1. The first-order chi connectivity index (χ1) is 10.2. The van der Waals surface area contributed by atoms with E-state index in [-0.39, 0.29) is 49.2 Å². The lowest BCUT2D eigenvalue weighted by molar-refractivity contribution is -0.120. The lowest BCUT2D eigenvalue weighted by Gasteiger charge is -2.13. The summed E-state index contributed by atoms with van der Waals surface area (Å²) in [5, 5.41) is 18.3. The van der Waals surface area contributed by atoms with Gasteiger partial charge in [-0.2, -0.15) is 0 Å². The number of rotatable bonds is 5. The van der Waals surface area contributed by atoms with Crippen LogP contribution >= 0.6 is 36.2 Å². The van der Waals surface area contributed by atoms with Crippen molar-refractivity contribution in [1.29, 1.82) is 0 Å². The number of hydrogen-bond acceptors (Lipinski definition) is 6. The third kappa shape index (κ3) is 5.19. The lowest BCUT2D eigenvalue weighted by Crippen LogP contribution is -2.35. The number of nitrogens with one attached hydrogen (secondary N) is 2. The molecule has 1 saturated heterocycles. The van der Waals surface area contributed by atoms with Gasteiger partial charge in [-0.15, -0.1) is 36.2 Å². The van der Waals surface area contributed by atoms with Crippen LogP contribution in [0.5, 0.6) is 0 Å². The Morgan fingerprint density at radius 3 is 2.96 bits per heavy atom. The molecule has 9 heteroatoms. The van der Waals surface area contributed by atoms with E-state index in [0.29, 0.717) is 13.1 Å². The molecule has 1 aliphatic heterocycles. The highest BCUT2D eigenvalue weighted by Crippen LogP contribution is 2.24. The summed E-state index contributed by atoms with van der Waals surface area (Å²) in [5.74, 6) is 0.0176. The molecule has 6 nitrogen and oxygen atoms in total. The second-order valence-corrected chi connectivity index (χ2v) is 5.98. The Bertz CT molecular complexity index is 606. The maximum atomic E-state index is 11.9. The molecule has 2 unspecified atom stereocenters. The molecule has 2 aromatic heterocycles. The second kappa shape index (κ2) is 9.24. The molecule has 0 aliphatic carbocycles. The van der Waals surface area contributed by atoms with Crippen LogP contribution in [0.2, 0.25) is 0 Å². The van der Waals surface area contributed by atoms with Crippen LogP contribution in [0.1, 0.15) is 5.69 Å². The van der Waals surface area contributed by atoms with Crippen molar-refractivity contribution in [2.75, 3.05) is 19.6 Å². The van der Waals surface area contributed by atoms with Crippen molar-refractivity contribution >= 4 is 42.1 Å². The molecule has 0 saturated carbocycles. The molecular formula is C14H19Cl2N3O3S. The minimum Gasteiger partial charge on any atom is -0.472 e. The lowest BCUT2D eigenvalue weighted by atomic mass is 10.1. The SMILES string of the molecule is Cl.Cl.O=C(Cc1csc(-c2ccoc2)n1)NCC1CNCC1O. The summed E-state index contributed by atoms with van der Waals surface area (Å²) in [6, 6.07) is 1.84. The Hall–Kier alpha value is -1.12. The third-order valence-electron chi connectivity index (χ3n) is 3.53. The molecule has 0 bridgehead atoms. The van der Waals surface area contributed by atoms with Crippen LogP contribution in [0, 0.1) is 5.92 Å². The number of carbonyl (C=O) groups is 1. The number of aliphatic hydroxyl groups excluding tert-OH is 1. The van der Waals surface area contributed by atoms with E-state index in [1.165, 1.54) is 11.3 Å². The number of carbonyl (C=O) groups excluding carboxylic acids is 1. The first-order valence-corrected chi connectivity index (χ1v) is 7.73. The first kappa shape index (κ1) is 19.9. The highest BCUT2D eigenvalue weighted by molar-refractivity contribution is 7.13. The molecule has 1 amide bonds. The van der Waals surface area contributed by atoms with Gasteiger partial charge in [0.15, 0.2) is 0 Å². The van der Waals surface area contributed by atoms with Crippen molar-refractivity contribution in [3.63, 3.8) is 0 Å². The number of furan rings is 1. The summed E-state index contributed by atoms with van der Waals surface area (Å²) in [6.07, 6.45) is 3.11. The molecule has 128 valence electrons. The van der Waals surface area contributed by atoms with Crippen LogP contribution in [-0.2, 0) is 11.2 Å². The summed E-state index contributed by atoms with van der Waals surface area (Å²) >= 11 is 1.49. The van der Waals surface area contributed by atoms with Gasteiger partial charge in [-0.3, -0.25) is 4.79 Å². The minimum absolute atomic E-state index is 0. The van der Waals surface area contributed by atoms with E-state index in [1.54, 1.807) is 12.5 Å². The number of aliphatic hydroxyl groups is 1. The molecule has 2 atom stereocenters. The average Bonchev–Trinajstić information content (AvgIpc) is 3.17. The van der Waals surface area contributed by atoms with E-state index in [2.05, 4.69) is 15.6 Å². The smallest absolute Gasteiger partial charge is 0.226 e. The minimum atomic E-state index is -0.378. The zero-order valence-corrected chi connectivity index (χ0v) is 14.7. The van der Waals surface area contributed by atoms with Crippen LogP contribution in [0.4, 0.5) is 0 Å². The van der Waals surface area contributed by atoms with E-state index in [0.717, 1.165) is 22.8 Å². The Labute approximate surface area is 150 Å². The third-order valence-corrected chi connectivity index (χ3v) is 4.47. The summed E-state index contributed by atoms with van der Waals surface area (Å²) in [6.45, 7) is 1.83. The fraction of sp³-hybridized carbons (Fsp3) is 0.429. The molecule has 0 radical (unpaired) electrons. The highest BCUT2D eigenvalue weighted by Gasteiger charge is 2.25. The maximum absolute atomic E-state index is 11.9. The Morgan fingerprint density at radius 2 is 2.30 bits per heavy atom. The largest absolute Gasteiger partial charge is 0.472 e. The molecular weight excluding hydrogens is 361 g/mol. The van der Waals surface area contributed by atoms with Crippen molar-refractivity contribution in [2.45, 2.75) is 12.5 Å². The first-order valence-electron chi connectivity index (χ1n) is 6.85. The standard InChI is InChI=1S/C14H17N3O3S.2ClH/c18-12-6-15-4-10(12)5-16-13(19)3-11-8-21-14(17-11)9-1-2-20-7-9;;/h1-2,7-8,10,12,15,18H,3-6H2,(H,16,19);2*1H. The molecule has 3 rings (SSSR count). The van der Waals surface area contributed by atoms with E-state index in [4.69, 9.17) is 4.42 Å². The van der Waals surface area contributed by atoms with Gasteiger partial charge in [-0.05, 0) is 6.07 Å². The normalized spacial score (nSPS) is 19.7. The van der Waals surface area contributed by atoms with Gasteiger partial charge in [0.05, 0.1) is 24.5 Å². The molecule has 3 N–H and O–H groups in total. The molecule has 0 spiro atoms. The quantitative estimate of drug-likeness (QED) is 0.732. The number of amides is 1. The Balaban J connectivity index is 0.00000132. The Kier molecular flexibility index (Phi) is 8.01. The zero-order valence-electron chi connectivity index (χ0n) is 12.2. The van der Waals surface area contributed by atoms with Crippen LogP contribution in [0.3, 0.4) is 0 Å². The van der Waals surface area contributed by atoms with Gasteiger partial charge in [0.1, 0.15) is 11.3 Å². The summed E-state index contributed by atoms with van der Waals surface area (Å²) in [7, 11) is 0. The van der Waals surface area contributed by atoms with Gasteiger partial charge < -0.3 is 20.2 Å². The monoisotopic (exact) mass is 379 g/mol. The van der Waals surface area contributed by atoms with Crippen molar-refractivity contribution in [3.05, 3.63) is 29.7 Å². The molecule has 3 heterocycles. The van der Waals surface area contributed by atoms with Gasteiger partial charge in [-0.25, -0.2) is 4.98 Å². The number of thiazole rings is 1. The van der Waals surface area contributed by atoms with Gasteiger partial charge >= 0.3 is 0 Å². The molecule has 1 fully saturated rings. The van der Waals surface area contributed by atoms with E-state index >= 15 is 0 Å². The van der Waals surface area contributed by atoms with Gasteiger partial charge in [0.2, 0.25) is 5.91 Å². The van der Waals surface area contributed by atoms with E-state index in [9.17, 15) is 9.90 Å². The predicted octanol–water partition coefficient (Wildman–Crippen LogP) is 1.49. The highest BCUT2D eigenvalue weighted by atomic mass is 35.5. The summed E-state index contributed by atoms with van der Waals surface area (Å²) in [5.41, 5.74) is 1.67. The van der Waals surface area contributed by atoms with E-state index < -0.39 is 0 Å². The van der Waals surface area contributed by atoms with Crippen LogP contribution in [-0.4, -0.2) is 41.7 Å². The number of halogens is 2. The topological polar surface area (TPSA) is 87.4 Å².